The molecule has 34 heavy (non-hydrogen) atoms. The lowest BCUT2D eigenvalue weighted by molar-refractivity contribution is 0.0860. The Balaban J connectivity index is 0.000000144. The lowest BCUT2D eigenvalue weighted by atomic mass is 9.83. The van der Waals surface area contributed by atoms with Gasteiger partial charge in [-0.3, -0.25) is 5.43 Å². The molecule has 0 aromatic heterocycles. The molecule has 4 heteroatoms. The number of hydrogen-bond donors (Lipinski definition) is 1. The molecule has 1 spiro atoms. The molecule has 0 aromatic carbocycles. The van der Waals surface area contributed by atoms with Crippen LogP contribution in [0.3, 0.4) is 0 Å². The number of hydrazine groups is 1. The number of likely N-dealkylation sites (tertiary alicyclic amines) is 2. The molecule has 0 amide bonds. The zero-order valence-corrected chi connectivity index (χ0v) is 24.8. The summed E-state index contributed by atoms with van der Waals surface area (Å²) in [5, 5.41) is 2.26. The standard InChI is InChI=1S/2C11H21N.C8H18N2/c1-7(2)10-9-8(6-12(10)5)11(9,3)4;1-9(2)10-8-11(4-5-11)6-7-12(10)3;1-7(2)8-5-4-6-9-10(8)3/h7-10H,6H2,1-5H3;9-10H,4-8H2,1-3H3;7-9H,4-6H2,1-3H3. The first kappa shape index (κ1) is 28.4. The Morgan fingerprint density at radius 1 is 0.794 bits per heavy atom. The van der Waals surface area contributed by atoms with Crippen LogP contribution in [0.15, 0.2) is 0 Å². The minimum absolute atomic E-state index is 0.654. The first-order chi connectivity index (χ1) is 15.8. The van der Waals surface area contributed by atoms with Crippen molar-refractivity contribution >= 4 is 0 Å². The highest BCUT2D eigenvalue weighted by molar-refractivity contribution is 5.16. The number of fused-ring (bicyclic) bond motifs is 1. The summed E-state index contributed by atoms with van der Waals surface area (Å²) in [4.78, 5) is 5.12. The summed E-state index contributed by atoms with van der Waals surface area (Å²) in [6.07, 6.45) is 8.65. The van der Waals surface area contributed by atoms with E-state index >= 15 is 0 Å². The summed E-state index contributed by atoms with van der Waals surface area (Å²) in [5.41, 5.74) is 4.82. The molecule has 0 aromatic rings. The molecule has 2 saturated carbocycles. The van der Waals surface area contributed by atoms with E-state index in [2.05, 4.69) is 96.8 Å². The van der Waals surface area contributed by atoms with Crippen molar-refractivity contribution in [3.63, 3.8) is 0 Å². The third-order valence-electron chi connectivity index (χ3n) is 10.4. The lowest BCUT2D eigenvalue weighted by Gasteiger charge is -2.39. The van der Waals surface area contributed by atoms with Gasteiger partial charge in [-0.05, 0) is 99.6 Å². The second-order valence-corrected chi connectivity index (χ2v) is 14.3. The summed E-state index contributed by atoms with van der Waals surface area (Å²) >= 11 is 0. The molecule has 200 valence electrons. The SMILES string of the molecule is CC(C)C1C2C(CN1C)C2(C)C.CC(C)C1CC2(CCN1C)CC2.CC(C)C1CCCNN1C. The summed E-state index contributed by atoms with van der Waals surface area (Å²) in [7, 11) is 6.72. The smallest absolute Gasteiger partial charge is 0.0263 e. The molecule has 5 rings (SSSR count). The van der Waals surface area contributed by atoms with E-state index in [1.165, 1.54) is 51.6 Å². The number of nitrogens with one attached hydrogen (secondary N) is 1. The van der Waals surface area contributed by atoms with Gasteiger partial charge in [0.2, 0.25) is 0 Å². The van der Waals surface area contributed by atoms with Crippen molar-refractivity contribution in [3.05, 3.63) is 0 Å². The van der Waals surface area contributed by atoms with Gasteiger partial charge in [0.15, 0.2) is 0 Å². The number of hydrogen-bond acceptors (Lipinski definition) is 4. The van der Waals surface area contributed by atoms with Gasteiger partial charge in [0.05, 0.1) is 0 Å². The third-order valence-corrected chi connectivity index (χ3v) is 10.4. The van der Waals surface area contributed by atoms with Crippen LogP contribution in [0.5, 0.6) is 0 Å². The Kier molecular flexibility index (Phi) is 9.25. The van der Waals surface area contributed by atoms with E-state index in [-0.39, 0.29) is 0 Å². The number of nitrogens with zero attached hydrogens (tertiary/aromatic N) is 3. The topological polar surface area (TPSA) is 21.8 Å². The van der Waals surface area contributed by atoms with Gasteiger partial charge in [-0.25, -0.2) is 5.01 Å². The van der Waals surface area contributed by atoms with E-state index in [1.807, 2.05) is 0 Å². The zero-order chi connectivity index (χ0) is 25.4. The first-order valence-corrected chi connectivity index (χ1v) is 14.7. The molecule has 0 bridgehead atoms. The predicted octanol–water partition coefficient (Wildman–Crippen LogP) is 5.99. The molecule has 5 aliphatic rings. The second-order valence-electron chi connectivity index (χ2n) is 14.3. The minimum atomic E-state index is 0.654. The Bertz CT molecular complexity index is 638. The Morgan fingerprint density at radius 3 is 1.82 bits per heavy atom. The maximum atomic E-state index is 3.35. The van der Waals surface area contributed by atoms with E-state index in [0.717, 1.165) is 59.7 Å². The number of rotatable bonds is 3. The van der Waals surface area contributed by atoms with Crippen LogP contribution in [0.1, 0.15) is 93.9 Å². The maximum Gasteiger partial charge on any atom is 0.0263 e. The van der Waals surface area contributed by atoms with Crippen molar-refractivity contribution in [2.24, 2.45) is 40.4 Å². The summed E-state index contributed by atoms with van der Waals surface area (Å²) < 4.78 is 0. The molecule has 2 aliphatic carbocycles. The molecular weight excluding hydrogens is 416 g/mol. The molecule has 5 atom stereocenters. The molecule has 3 heterocycles. The molecule has 5 fully saturated rings. The van der Waals surface area contributed by atoms with Crippen LogP contribution >= 0.6 is 0 Å². The van der Waals surface area contributed by atoms with Crippen LogP contribution in [0, 0.1) is 40.4 Å². The Hall–Kier alpha value is -0.160. The average Bonchev–Trinajstić information content (AvgIpc) is 3.56. The summed E-state index contributed by atoms with van der Waals surface area (Å²) in [5.74, 6) is 4.43. The fourth-order valence-electron chi connectivity index (χ4n) is 7.76. The monoisotopic (exact) mass is 476 g/mol. The summed E-state index contributed by atoms with van der Waals surface area (Å²) in [6, 6.07) is 2.46. The van der Waals surface area contributed by atoms with Crippen LogP contribution in [-0.4, -0.2) is 73.7 Å². The van der Waals surface area contributed by atoms with Gasteiger partial charge in [-0.2, -0.15) is 0 Å². The van der Waals surface area contributed by atoms with Gasteiger partial charge in [-0.1, -0.05) is 55.4 Å². The van der Waals surface area contributed by atoms with Gasteiger partial charge in [-0.15, -0.1) is 0 Å². The Labute approximate surface area is 213 Å². The summed E-state index contributed by atoms with van der Waals surface area (Å²) in [6.45, 7) is 22.7. The van der Waals surface area contributed by atoms with Crippen LogP contribution in [0.4, 0.5) is 0 Å². The highest BCUT2D eigenvalue weighted by atomic mass is 15.5. The maximum absolute atomic E-state index is 3.35. The zero-order valence-electron chi connectivity index (χ0n) is 24.8. The normalized spacial score (nSPS) is 36.7. The van der Waals surface area contributed by atoms with Crippen LogP contribution in [0.25, 0.3) is 0 Å². The quantitative estimate of drug-likeness (QED) is 0.540. The minimum Gasteiger partial charge on any atom is -0.303 e. The van der Waals surface area contributed by atoms with Crippen molar-refractivity contribution in [2.45, 2.75) is 112 Å². The predicted molar refractivity (Wildman–Crippen MR) is 148 cm³/mol. The van der Waals surface area contributed by atoms with Crippen LogP contribution in [0.2, 0.25) is 0 Å². The molecular formula is C30H60N4. The molecule has 3 aliphatic heterocycles. The van der Waals surface area contributed by atoms with E-state index in [9.17, 15) is 0 Å². The van der Waals surface area contributed by atoms with Crippen molar-refractivity contribution < 1.29 is 0 Å². The highest BCUT2D eigenvalue weighted by Gasteiger charge is 2.66. The van der Waals surface area contributed by atoms with Crippen molar-refractivity contribution in [1.29, 1.82) is 0 Å². The van der Waals surface area contributed by atoms with Gasteiger partial charge in [0.1, 0.15) is 0 Å². The van der Waals surface area contributed by atoms with Crippen molar-refractivity contribution in [3.8, 4) is 0 Å². The van der Waals surface area contributed by atoms with E-state index in [0.29, 0.717) is 5.41 Å². The Morgan fingerprint density at radius 2 is 1.41 bits per heavy atom. The molecule has 1 N–H and O–H groups in total. The van der Waals surface area contributed by atoms with E-state index < -0.39 is 0 Å². The number of piperidine rings is 2. The van der Waals surface area contributed by atoms with Crippen LogP contribution < -0.4 is 5.43 Å². The van der Waals surface area contributed by atoms with Crippen LogP contribution in [-0.2, 0) is 0 Å². The third kappa shape index (κ3) is 6.39. The van der Waals surface area contributed by atoms with Gasteiger partial charge >= 0.3 is 0 Å². The van der Waals surface area contributed by atoms with E-state index in [1.54, 1.807) is 0 Å². The van der Waals surface area contributed by atoms with Gasteiger partial charge in [0.25, 0.3) is 0 Å². The molecule has 0 radical (unpaired) electrons. The first-order valence-electron chi connectivity index (χ1n) is 14.7. The van der Waals surface area contributed by atoms with Crippen molar-refractivity contribution in [1.82, 2.24) is 20.2 Å². The van der Waals surface area contributed by atoms with Crippen molar-refractivity contribution in [2.75, 3.05) is 40.8 Å². The van der Waals surface area contributed by atoms with Gasteiger partial charge < -0.3 is 9.80 Å². The van der Waals surface area contributed by atoms with E-state index in [4.69, 9.17) is 0 Å². The highest BCUT2D eigenvalue weighted by Crippen LogP contribution is 2.65. The largest absolute Gasteiger partial charge is 0.303 e. The fourth-order valence-corrected chi connectivity index (χ4v) is 7.76. The fraction of sp³-hybridized carbons (Fsp3) is 1.00. The second kappa shape index (κ2) is 11.1. The molecule has 4 nitrogen and oxygen atoms in total. The molecule has 3 saturated heterocycles. The average molecular weight is 477 g/mol. The molecule has 5 unspecified atom stereocenters. The lowest BCUT2D eigenvalue weighted by Crippen LogP contribution is -2.49. The van der Waals surface area contributed by atoms with Gasteiger partial charge in [0, 0.05) is 38.3 Å².